The van der Waals surface area contributed by atoms with Gasteiger partial charge in [0.05, 0.1) is 38.3 Å². The molecular formula is C36H40B2N6O11. The van der Waals surface area contributed by atoms with Crippen LogP contribution in [0.4, 0.5) is 0 Å². The molecule has 2 aliphatic rings. The van der Waals surface area contributed by atoms with Crippen LogP contribution in [0.15, 0.2) is 66.1 Å². The quantitative estimate of drug-likeness (QED) is 0.0302. The lowest BCUT2D eigenvalue weighted by atomic mass is 9.77. The lowest BCUT2D eigenvalue weighted by Gasteiger charge is -2.14. The van der Waals surface area contributed by atoms with Crippen LogP contribution in [0.5, 0.6) is 23.3 Å². The highest BCUT2D eigenvalue weighted by molar-refractivity contribution is 6.62. The van der Waals surface area contributed by atoms with Crippen LogP contribution in [0.1, 0.15) is 72.3 Å². The van der Waals surface area contributed by atoms with E-state index >= 15 is 0 Å². The predicted octanol–water partition coefficient (Wildman–Crippen LogP) is 2.17. The fourth-order valence-electron chi connectivity index (χ4n) is 6.18. The van der Waals surface area contributed by atoms with E-state index in [1.165, 1.54) is 18.5 Å². The van der Waals surface area contributed by atoms with Gasteiger partial charge in [-0.2, -0.15) is 0 Å². The summed E-state index contributed by atoms with van der Waals surface area (Å²) in [6, 6.07) is 13.1. The third-order valence-corrected chi connectivity index (χ3v) is 8.49. The lowest BCUT2D eigenvalue weighted by Crippen LogP contribution is -2.28. The molecule has 0 radical (unpaired) electrons. The van der Waals surface area contributed by atoms with Crippen molar-refractivity contribution >= 4 is 48.8 Å². The minimum atomic E-state index is -1.17. The Kier molecular flexibility index (Phi) is 13.1. The maximum absolute atomic E-state index is 11.8. The van der Waals surface area contributed by atoms with Crippen LogP contribution < -0.4 is 31.9 Å². The smallest absolute Gasteiger partial charge is 0.466 e. The van der Waals surface area contributed by atoms with Gasteiger partial charge in [0, 0.05) is 35.7 Å². The number of aryl methyl sites for hydroxylation is 2. The summed E-state index contributed by atoms with van der Waals surface area (Å²) in [5.74, 6) is 0.474. The fraction of sp³-hybridized carbons (Fsp3) is 0.278. The molecule has 2 aromatic carbocycles. The number of fused-ring (bicyclic) bond motifs is 2. The third kappa shape index (κ3) is 9.76. The van der Waals surface area contributed by atoms with Crippen LogP contribution in [-0.2, 0) is 28.4 Å². The number of hydrogen-bond acceptors (Lipinski definition) is 15. The van der Waals surface area contributed by atoms with E-state index in [0.29, 0.717) is 40.2 Å². The average molecular weight is 754 g/mol. The number of nitrogens with one attached hydrogen (secondary N) is 1. The Morgan fingerprint density at radius 3 is 1.64 bits per heavy atom. The highest BCUT2D eigenvalue weighted by Crippen LogP contribution is 2.34. The number of amidine groups is 2. The molecule has 2 aromatic heterocycles. The van der Waals surface area contributed by atoms with Crippen molar-refractivity contribution in [1.82, 2.24) is 9.97 Å². The summed E-state index contributed by atoms with van der Waals surface area (Å²) in [7, 11) is -2.33. The molecule has 0 saturated carbocycles. The van der Waals surface area contributed by atoms with Gasteiger partial charge in [0.2, 0.25) is 11.8 Å². The average Bonchev–Trinajstić information content (AvgIpc) is 3.62. The van der Waals surface area contributed by atoms with Gasteiger partial charge in [0.15, 0.2) is 5.84 Å². The molecule has 2 atom stereocenters. The predicted molar refractivity (Wildman–Crippen MR) is 200 cm³/mol. The standard InChI is InChI=1S/C18H20BN3O6.C18H20BN3O5/c1-3-26-16(23)9-14-17-10(2)6-12(8-13(17)19(24)28-14)27-15-7-11(4-5-21-15)18(20)22-25;1-3-25-16(23)9-14-17-10(2)6-12(8-13(17)19(24)27-14)26-15-7-11(18(20)21)4-5-22-15/h4-8,14,24-25H,3,9H2,1-2H3,(H2,20,22);4-8,14,24H,3,9H2,1-2H3,(H3,20,21). The van der Waals surface area contributed by atoms with Crippen molar-refractivity contribution in [3.63, 3.8) is 0 Å². The molecule has 0 bridgehead atoms. The molecule has 4 aromatic rings. The minimum absolute atomic E-state index is 0.0162. The third-order valence-electron chi connectivity index (χ3n) is 8.49. The number of benzene rings is 2. The number of nitrogen functional groups attached to an aromatic ring is 1. The molecule has 0 amide bonds. The molecule has 4 heterocycles. The number of ether oxygens (including phenoxy) is 4. The maximum atomic E-state index is 11.8. The van der Waals surface area contributed by atoms with Crippen LogP contribution in [0, 0.1) is 19.3 Å². The minimum Gasteiger partial charge on any atom is -0.466 e. The lowest BCUT2D eigenvalue weighted by molar-refractivity contribution is -0.146. The molecule has 8 N–H and O–H groups in total. The van der Waals surface area contributed by atoms with Gasteiger partial charge in [-0.3, -0.25) is 15.0 Å². The van der Waals surface area contributed by atoms with E-state index in [-0.39, 0.29) is 48.8 Å². The summed E-state index contributed by atoms with van der Waals surface area (Å²) in [5, 5.41) is 39.7. The van der Waals surface area contributed by atoms with Gasteiger partial charge in [-0.25, -0.2) is 9.97 Å². The Labute approximate surface area is 317 Å². The highest BCUT2D eigenvalue weighted by atomic mass is 16.6. The summed E-state index contributed by atoms with van der Waals surface area (Å²) in [5.41, 5.74) is 16.2. The molecule has 286 valence electrons. The van der Waals surface area contributed by atoms with Gasteiger partial charge in [-0.1, -0.05) is 5.16 Å². The van der Waals surface area contributed by atoms with E-state index in [1.807, 2.05) is 13.8 Å². The molecule has 6 rings (SSSR count). The Hall–Kier alpha value is -6.01. The molecule has 17 nitrogen and oxygen atoms in total. The normalized spacial score (nSPS) is 15.7. The summed E-state index contributed by atoms with van der Waals surface area (Å²) in [6.07, 6.45) is 1.86. The van der Waals surface area contributed by atoms with Gasteiger partial charge in [-0.05, 0) is 97.3 Å². The Bertz CT molecular complexity index is 2100. The molecule has 0 spiro atoms. The summed E-state index contributed by atoms with van der Waals surface area (Å²) >= 11 is 0. The first-order valence-corrected chi connectivity index (χ1v) is 17.2. The number of carbonyl (C=O) groups excluding carboxylic acids is 2. The number of esters is 2. The number of hydrogen-bond donors (Lipinski definition) is 6. The van der Waals surface area contributed by atoms with Crippen LogP contribution in [0.3, 0.4) is 0 Å². The fourth-order valence-corrected chi connectivity index (χ4v) is 6.18. The second-order valence-corrected chi connectivity index (χ2v) is 12.3. The van der Waals surface area contributed by atoms with Gasteiger partial charge >= 0.3 is 26.2 Å². The van der Waals surface area contributed by atoms with Crippen LogP contribution in [0.2, 0.25) is 0 Å². The SMILES string of the molecule is CCOC(=O)CC1OB(O)c2cc(Oc3cc(C(=N)N)ccn3)cc(C)c21.CCOC(=O)CC1OB(O)c2cc(Oc3cc(C(N)=NO)ccn3)cc(C)c21. The van der Waals surface area contributed by atoms with Crippen molar-refractivity contribution < 1.29 is 53.1 Å². The molecule has 0 aliphatic carbocycles. The molecular weight excluding hydrogens is 714 g/mol. The second-order valence-electron chi connectivity index (χ2n) is 12.3. The summed E-state index contributed by atoms with van der Waals surface area (Å²) in [6.45, 7) is 7.73. The highest BCUT2D eigenvalue weighted by Gasteiger charge is 2.39. The molecule has 19 heteroatoms. The van der Waals surface area contributed by atoms with Gasteiger partial charge < -0.3 is 55.0 Å². The first-order valence-electron chi connectivity index (χ1n) is 17.2. The van der Waals surface area contributed by atoms with Crippen molar-refractivity contribution in [3.8, 4) is 23.3 Å². The van der Waals surface area contributed by atoms with Gasteiger partial charge in [0.25, 0.3) is 0 Å². The monoisotopic (exact) mass is 754 g/mol. The van der Waals surface area contributed by atoms with E-state index in [2.05, 4.69) is 15.1 Å². The van der Waals surface area contributed by atoms with E-state index in [0.717, 1.165) is 22.3 Å². The number of pyridine rings is 2. The number of carbonyl (C=O) groups is 2. The second kappa shape index (κ2) is 17.9. The van der Waals surface area contributed by atoms with E-state index < -0.39 is 32.4 Å². The van der Waals surface area contributed by atoms with E-state index in [1.54, 1.807) is 56.3 Å². The first-order chi connectivity index (χ1) is 26.3. The first kappa shape index (κ1) is 40.2. The number of oxime groups is 1. The molecule has 0 saturated heterocycles. The Morgan fingerprint density at radius 2 is 1.22 bits per heavy atom. The zero-order valence-electron chi connectivity index (χ0n) is 30.5. The van der Waals surface area contributed by atoms with Crippen molar-refractivity contribution in [2.45, 2.75) is 52.7 Å². The molecule has 55 heavy (non-hydrogen) atoms. The van der Waals surface area contributed by atoms with Crippen LogP contribution in [0.25, 0.3) is 0 Å². The van der Waals surface area contributed by atoms with E-state index in [9.17, 15) is 19.6 Å². The van der Waals surface area contributed by atoms with Crippen molar-refractivity contribution in [3.05, 3.63) is 94.3 Å². The van der Waals surface area contributed by atoms with Crippen molar-refractivity contribution in [2.75, 3.05) is 13.2 Å². The number of nitrogens with zero attached hydrogens (tertiary/aromatic N) is 3. The summed E-state index contributed by atoms with van der Waals surface area (Å²) < 4.78 is 32.5. The number of nitrogens with two attached hydrogens (primary N) is 2. The largest absolute Gasteiger partial charge is 0.492 e. The van der Waals surface area contributed by atoms with Gasteiger partial charge in [0.1, 0.15) is 17.3 Å². The van der Waals surface area contributed by atoms with E-state index in [4.69, 9.17) is 50.3 Å². The van der Waals surface area contributed by atoms with Crippen LogP contribution in [-0.4, -0.2) is 76.3 Å². The van der Waals surface area contributed by atoms with Gasteiger partial charge in [-0.15, -0.1) is 0 Å². The van der Waals surface area contributed by atoms with Crippen LogP contribution >= 0.6 is 0 Å². The zero-order valence-corrected chi connectivity index (χ0v) is 30.5. The summed E-state index contributed by atoms with van der Waals surface area (Å²) in [4.78, 5) is 31.8. The topological polar surface area (TPSA) is 264 Å². The zero-order chi connectivity index (χ0) is 39.8. The molecule has 0 fully saturated rings. The Balaban J connectivity index is 0.000000211. The van der Waals surface area contributed by atoms with Crippen molar-refractivity contribution in [2.24, 2.45) is 16.6 Å². The maximum Gasteiger partial charge on any atom is 0.492 e. The van der Waals surface area contributed by atoms with Crippen molar-refractivity contribution in [1.29, 1.82) is 5.41 Å². The number of rotatable bonds is 12. The molecule has 2 unspecified atom stereocenters. The number of aromatic nitrogens is 2. The molecule has 2 aliphatic heterocycles. The Morgan fingerprint density at radius 1 is 0.782 bits per heavy atom.